The molecular formula is C28H36N4O4S2. The number of sulfonamides is 1. The molecule has 204 valence electrons. The van der Waals surface area contributed by atoms with Crippen molar-refractivity contribution in [1.29, 1.82) is 0 Å². The van der Waals surface area contributed by atoms with Crippen molar-refractivity contribution in [3.8, 4) is 0 Å². The van der Waals surface area contributed by atoms with E-state index in [1.54, 1.807) is 33.5 Å². The summed E-state index contributed by atoms with van der Waals surface area (Å²) >= 11 is 1.51. The van der Waals surface area contributed by atoms with Crippen LogP contribution in [0.1, 0.15) is 42.1 Å². The molecule has 2 aliphatic rings. The second-order valence-electron chi connectivity index (χ2n) is 10.3. The van der Waals surface area contributed by atoms with Gasteiger partial charge < -0.3 is 4.74 Å². The Bertz CT molecular complexity index is 1360. The first-order valence-electron chi connectivity index (χ1n) is 13.4. The number of anilines is 1. The summed E-state index contributed by atoms with van der Waals surface area (Å²) in [5, 5.41) is 0.664. The van der Waals surface area contributed by atoms with Crippen molar-refractivity contribution >= 4 is 42.6 Å². The highest BCUT2D eigenvalue weighted by molar-refractivity contribution is 7.89. The topological polar surface area (TPSA) is 83.0 Å². The second-order valence-corrected chi connectivity index (χ2v) is 13.3. The summed E-state index contributed by atoms with van der Waals surface area (Å²) in [5.41, 5.74) is 2.48. The molecule has 2 fully saturated rings. The van der Waals surface area contributed by atoms with Crippen LogP contribution in [0.5, 0.6) is 0 Å². The Hall–Kier alpha value is -2.37. The first kappa shape index (κ1) is 27.2. The minimum absolute atomic E-state index is 0.168. The molecule has 0 atom stereocenters. The SMILES string of the molecule is Cc1ccc2nc(N(CCCN3CCOCC3)C(=O)c3ccc(S(=O)(=O)N4CCC(C)CC4)cc3)sc2c1. The van der Waals surface area contributed by atoms with Gasteiger partial charge in [-0.2, -0.15) is 4.31 Å². The van der Waals surface area contributed by atoms with E-state index < -0.39 is 10.0 Å². The van der Waals surface area contributed by atoms with Crippen molar-refractivity contribution in [1.82, 2.24) is 14.2 Å². The van der Waals surface area contributed by atoms with E-state index >= 15 is 0 Å². The van der Waals surface area contributed by atoms with E-state index in [1.807, 2.05) is 19.1 Å². The molecule has 2 aliphatic heterocycles. The molecule has 0 radical (unpaired) electrons. The summed E-state index contributed by atoms with van der Waals surface area (Å²) in [5.74, 6) is 0.376. The molecule has 3 aromatic rings. The maximum absolute atomic E-state index is 13.8. The van der Waals surface area contributed by atoms with Gasteiger partial charge >= 0.3 is 0 Å². The molecule has 0 unspecified atom stereocenters. The van der Waals surface area contributed by atoms with E-state index in [-0.39, 0.29) is 10.8 Å². The highest BCUT2D eigenvalue weighted by Gasteiger charge is 2.29. The van der Waals surface area contributed by atoms with Crippen molar-refractivity contribution in [2.45, 2.75) is 38.0 Å². The van der Waals surface area contributed by atoms with Gasteiger partial charge in [0.05, 0.1) is 28.3 Å². The first-order valence-corrected chi connectivity index (χ1v) is 15.7. The third-order valence-electron chi connectivity index (χ3n) is 7.45. The zero-order valence-corrected chi connectivity index (χ0v) is 23.8. The zero-order chi connectivity index (χ0) is 26.7. The van der Waals surface area contributed by atoms with E-state index in [9.17, 15) is 13.2 Å². The second kappa shape index (κ2) is 11.8. The summed E-state index contributed by atoms with van der Waals surface area (Å²) in [6.07, 6.45) is 2.55. The molecule has 0 aliphatic carbocycles. The van der Waals surface area contributed by atoms with Gasteiger partial charge in [0, 0.05) is 44.8 Å². The average Bonchev–Trinajstić information content (AvgIpc) is 3.34. The van der Waals surface area contributed by atoms with Crippen molar-refractivity contribution in [2.24, 2.45) is 5.92 Å². The summed E-state index contributed by atoms with van der Waals surface area (Å²) < 4.78 is 34.4. The first-order chi connectivity index (χ1) is 18.3. The van der Waals surface area contributed by atoms with Crippen molar-refractivity contribution in [3.63, 3.8) is 0 Å². The minimum Gasteiger partial charge on any atom is -0.379 e. The highest BCUT2D eigenvalue weighted by atomic mass is 32.2. The van der Waals surface area contributed by atoms with Crippen LogP contribution in [0.4, 0.5) is 5.13 Å². The number of rotatable bonds is 8. The number of nitrogens with zero attached hydrogens (tertiary/aromatic N) is 4. The van der Waals surface area contributed by atoms with Crippen molar-refractivity contribution < 1.29 is 17.9 Å². The highest BCUT2D eigenvalue weighted by Crippen LogP contribution is 2.31. The number of carbonyl (C=O) groups excluding carboxylic acids is 1. The van der Waals surface area contributed by atoms with E-state index in [0.29, 0.717) is 36.2 Å². The molecule has 3 heterocycles. The fraction of sp³-hybridized carbons (Fsp3) is 0.500. The normalized spacial score (nSPS) is 18.2. The van der Waals surface area contributed by atoms with Crippen LogP contribution in [0.3, 0.4) is 0 Å². The number of thiazole rings is 1. The molecule has 8 nitrogen and oxygen atoms in total. The monoisotopic (exact) mass is 556 g/mol. The molecule has 38 heavy (non-hydrogen) atoms. The van der Waals surface area contributed by atoms with Gasteiger partial charge in [0.25, 0.3) is 5.91 Å². The Kier molecular flexibility index (Phi) is 8.44. The van der Waals surface area contributed by atoms with E-state index in [1.165, 1.54) is 11.3 Å². The zero-order valence-electron chi connectivity index (χ0n) is 22.1. The van der Waals surface area contributed by atoms with Crippen molar-refractivity contribution in [2.75, 3.05) is 57.4 Å². The molecular weight excluding hydrogens is 520 g/mol. The van der Waals surface area contributed by atoms with Crippen LogP contribution in [0.2, 0.25) is 0 Å². The van der Waals surface area contributed by atoms with E-state index in [4.69, 9.17) is 9.72 Å². The summed E-state index contributed by atoms with van der Waals surface area (Å²) in [6.45, 7) is 9.98. The van der Waals surface area contributed by atoms with E-state index in [0.717, 1.165) is 67.9 Å². The summed E-state index contributed by atoms with van der Waals surface area (Å²) in [6, 6.07) is 12.5. The van der Waals surface area contributed by atoms with Gasteiger partial charge in [-0.05, 0) is 74.1 Å². The largest absolute Gasteiger partial charge is 0.379 e. The number of benzene rings is 2. The molecule has 0 bridgehead atoms. The number of ether oxygens (including phenoxy) is 1. The Morgan fingerprint density at radius 2 is 1.79 bits per heavy atom. The lowest BCUT2D eigenvalue weighted by Gasteiger charge is -2.29. The fourth-order valence-electron chi connectivity index (χ4n) is 5.00. The van der Waals surface area contributed by atoms with Crippen LogP contribution in [-0.4, -0.2) is 81.0 Å². The standard InChI is InChI=1S/C28H36N4O4S2/c1-21-10-14-31(15-11-21)38(34,35)24-7-5-23(6-8-24)27(33)32(13-3-12-30-16-18-36-19-17-30)28-29-25-9-4-22(2)20-26(25)37-28/h4-9,20-21H,3,10-19H2,1-2H3. The Balaban J connectivity index is 1.36. The molecule has 2 aromatic carbocycles. The molecule has 5 rings (SSSR count). The number of amides is 1. The third kappa shape index (κ3) is 6.10. The van der Waals surface area contributed by atoms with Crippen LogP contribution in [0.25, 0.3) is 10.2 Å². The third-order valence-corrected chi connectivity index (χ3v) is 10.4. The number of fused-ring (bicyclic) bond motifs is 1. The van der Waals surface area contributed by atoms with Gasteiger partial charge in [-0.1, -0.05) is 24.3 Å². The molecule has 2 saturated heterocycles. The fourth-order valence-corrected chi connectivity index (χ4v) is 7.55. The lowest BCUT2D eigenvalue weighted by Crippen LogP contribution is -2.39. The predicted octanol–water partition coefficient (Wildman–Crippen LogP) is 4.39. The van der Waals surface area contributed by atoms with Crippen LogP contribution in [-0.2, 0) is 14.8 Å². The minimum atomic E-state index is -3.57. The number of aromatic nitrogens is 1. The molecule has 1 aromatic heterocycles. The van der Waals surface area contributed by atoms with Gasteiger partial charge in [0.1, 0.15) is 0 Å². The van der Waals surface area contributed by atoms with Crippen LogP contribution in [0, 0.1) is 12.8 Å². The maximum atomic E-state index is 13.8. The predicted molar refractivity (Wildman–Crippen MR) is 152 cm³/mol. The lowest BCUT2D eigenvalue weighted by molar-refractivity contribution is 0.0376. The number of hydrogen-bond donors (Lipinski definition) is 0. The molecule has 10 heteroatoms. The van der Waals surface area contributed by atoms with Gasteiger partial charge in [-0.25, -0.2) is 13.4 Å². The Morgan fingerprint density at radius 1 is 1.08 bits per heavy atom. The van der Waals surface area contributed by atoms with Crippen LogP contribution in [0.15, 0.2) is 47.4 Å². The smallest absolute Gasteiger partial charge is 0.260 e. The Labute approximate surface area is 229 Å². The molecule has 0 spiro atoms. The van der Waals surface area contributed by atoms with E-state index in [2.05, 4.69) is 17.9 Å². The molecule has 0 N–H and O–H groups in total. The molecule has 1 amide bonds. The lowest BCUT2D eigenvalue weighted by atomic mass is 10.0. The number of hydrogen-bond acceptors (Lipinski definition) is 7. The van der Waals surface area contributed by atoms with Gasteiger partial charge in [-0.3, -0.25) is 14.6 Å². The summed E-state index contributed by atoms with van der Waals surface area (Å²) in [4.78, 5) is 22.9. The number of piperidine rings is 1. The van der Waals surface area contributed by atoms with Crippen LogP contribution >= 0.6 is 11.3 Å². The van der Waals surface area contributed by atoms with Crippen LogP contribution < -0.4 is 4.90 Å². The maximum Gasteiger partial charge on any atom is 0.260 e. The number of carbonyl (C=O) groups is 1. The number of aryl methyl sites for hydroxylation is 1. The molecule has 0 saturated carbocycles. The van der Waals surface area contributed by atoms with Crippen molar-refractivity contribution in [3.05, 3.63) is 53.6 Å². The summed E-state index contributed by atoms with van der Waals surface area (Å²) in [7, 11) is -3.57. The quantitative estimate of drug-likeness (QED) is 0.409. The Morgan fingerprint density at radius 3 is 2.50 bits per heavy atom. The van der Waals surface area contributed by atoms with Gasteiger partial charge in [0.15, 0.2) is 5.13 Å². The average molecular weight is 557 g/mol. The van der Waals surface area contributed by atoms with Gasteiger partial charge in [-0.15, -0.1) is 0 Å². The van der Waals surface area contributed by atoms with Gasteiger partial charge in [0.2, 0.25) is 10.0 Å². The number of morpholine rings is 1.